The number of aromatic nitrogens is 1. The van der Waals surface area contributed by atoms with Crippen LogP contribution >= 0.6 is 11.3 Å². The molecule has 0 aliphatic heterocycles. The fourth-order valence-corrected chi connectivity index (χ4v) is 2.73. The van der Waals surface area contributed by atoms with Gasteiger partial charge in [0.1, 0.15) is 5.01 Å². The molecular formula is C13H15NOS. The average Bonchev–Trinajstić information content (AvgIpc) is 2.64. The summed E-state index contributed by atoms with van der Waals surface area (Å²) in [5, 5.41) is 11.8. The van der Waals surface area contributed by atoms with Gasteiger partial charge in [-0.3, -0.25) is 0 Å². The second kappa shape index (κ2) is 4.36. The molecule has 1 aromatic carbocycles. The van der Waals surface area contributed by atoms with E-state index in [2.05, 4.69) is 37.9 Å². The van der Waals surface area contributed by atoms with Crippen LogP contribution in [0.25, 0.3) is 11.3 Å². The Bertz CT molecular complexity index is 493. The molecule has 1 heterocycles. The molecule has 2 rings (SSSR count). The van der Waals surface area contributed by atoms with E-state index in [-0.39, 0.29) is 6.61 Å². The van der Waals surface area contributed by atoms with Gasteiger partial charge in [0, 0.05) is 10.9 Å². The van der Waals surface area contributed by atoms with Crippen molar-refractivity contribution in [3.8, 4) is 11.3 Å². The maximum Gasteiger partial charge on any atom is 0.119 e. The predicted molar refractivity (Wildman–Crippen MR) is 67.7 cm³/mol. The average molecular weight is 233 g/mol. The Hall–Kier alpha value is -1.19. The van der Waals surface area contributed by atoms with Crippen LogP contribution in [0.1, 0.15) is 21.7 Å². The third kappa shape index (κ3) is 2.01. The zero-order chi connectivity index (χ0) is 11.7. The molecule has 0 aliphatic carbocycles. The van der Waals surface area contributed by atoms with E-state index >= 15 is 0 Å². The van der Waals surface area contributed by atoms with Gasteiger partial charge in [-0.2, -0.15) is 0 Å². The molecule has 16 heavy (non-hydrogen) atoms. The maximum atomic E-state index is 9.03. The molecule has 1 N–H and O–H groups in total. The largest absolute Gasteiger partial charge is 0.389 e. The van der Waals surface area contributed by atoms with Crippen LogP contribution in [-0.4, -0.2) is 10.1 Å². The van der Waals surface area contributed by atoms with Crippen molar-refractivity contribution in [3.63, 3.8) is 0 Å². The first-order valence-electron chi connectivity index (χ1n) is 5.25. The van der Waals surface area contributed by atoms with Crippen LogP contribution in [0.4, 0.5) is 0 Å². The summed E-state index contributed by atoms with van der Waals surface area (Å²) in [6.45, 7) is 6.33. The number of hydrogen-bond donors (Lipinski definition) is 1. The zero-order valence-electron chi connectivity index (χ0n) is 9.74. The molecule has 0 fully saturated rings. The number of aliphatic hydroxyl groups is 1. The van der Waals surface area contributed by atoms with Gasteiger partial charge >= 0.3 is 0 Å². The lowest BCUT2D eigenvalue weighted by molar-refractivity contribution is 0.281. The van der Waals surface area contributed by atoms with Crippen molar-refractivity contribution in [1.29, 1.82) is 0 Å². The fraction of sp³-hybridized carbons (Fsp3) is 0.308. The summed E-state index contributed by atoms with van der Waals surface area (Å²) < 4.78 is 0. The van der Waals surface area contributed by atoms with Crippen LogP contribution in [0.3, 0.4) is 0 Å². The second-order valence-electron chi connectivity index (χ2n) is 4.06. The minimum absolute atomic E-state index is 0.0224. The van der Waals surface area contributed by atoms with E-state index in [1.165, 1.54) is 33.6 Å². The highest BCUT2D eigenvalue weighted by molar-refractivity contribution is 7.09. The van der Waals surface area contributed by atoms with Crippen molar-refractivity contribution >= 4 is 11.3 Å². The SMILES string of the molecule is Cc1cc(C)c(-c2csc(CO)n2)c(C)c1. The number of aryl methyl sites for hydroxylation is 3. The summed E-state index contributed by atoms with van der Waals surface area (Å²) in [7, 11) is 0. The van der Waals surface area contributed by atoms with Crippen molar-refractivity contribution in [2.45, 2.75) is 27.4 Å². The normalized spacial score (nSPS) is 10.8. The predicted octanol–water partition coefficient (Wildman–Crippen LogP) is 3.23. The first kappa shape index (κ1) is 11.3. The number of rotatable bonds is 2. The third-order valence-electron chi connectivity index (χ3n) is 2.62. The summed E-state index contributed by atoms with van der Waals surface area (Å²) in [4.78, 5) is 4.42. The summed E-state index contributed by atoms with van der Waals surface area (Å²) in [6, 6.07) is 4.33. The van der Waals surface area contributed by atoms with Crippen molar-refractivity contribution < 1.29 is 5.11 Å². The summed E-state index contributed by atoms with van der Waals surface area (Å²) in [5.74, 6) is 0. The molecule has 84 valence electrons. The van der Waals surface area contributed by atoms with E-state index < -0.39 is 0 Å². The lowest BCUT2D eigenvalue weighted by Gasteiger charge is -2.08. The van der Waals surface area contributed by atoms with Crippen LogP contribution in [0.2, 0.25) is 0 Å². The highest BCUT2D eigenvalue weighted by atomic mass is 32.1. The molecule has 3 heteroatoms. The monoisotopic (exact) mass is 233 g/mol. The van der Waals surface area contributed by atoms with E-state index in [9.17, 15) is 0 Å². The molecule has 0 spiro atoms. The topological polar surface area (TPSA) is 33.1 Å². The van der Waals surface area contributed by atoms with E-state index in [0.29, 0.717) is 0 Å². The van der Waals surface area contributed by atoms with Gasteiger partial charge in [0.15, 0.2) is 0 Å². The Balaban J connectivity index is 2.55. The molecule has 2 nitrogen and oxygen atoms in total. The Kier molecular flexibility index (Phi) is 3.08. The van der Waals surface area contributed by atoms with Gasteiger partial charge in [-0.15, -0.1) is 11.3 Å². The van der Waals surface area contributed by atoms with Gasteiger partial charge in [0.2, 0.25) is 0 Å². The maximum absolute atomic E-state index is 9.03. The van der Waals surface area contributed by atoms with Crippen molar-refractivity contribution in [2.24, 2.45) is 0 Å². The molecule has 0 unspecified atom stereocenters. The van der Waals surface area contributed by atoms with Crippen LogP contribution < -0.4 is 0 Å². The number of benzene rings is 1. The standard InChI is InChI=1S/C13H15NOS/c1-8-4-9(2)13(10(3)5-8)11-7-16-12(6-15)14-11/h4-5,7,15H,6H2,1-3H3. The van der Waals surface area contributed by atoms with E-state index in [0.717, 1.165) is 10.7 Å². The number of aliphatic hydroxyl groups excluding tert-OH is 1. The molecule has 0 aliphatic rings. The third-order valence-corrected chi connectivity index (χ3v) is 3.45. The van der Waals surface area contributed by atoms with Crippen LogP contribution in [-0.2, 0) is 6.61 Å². The second-order valence-corrected chi connectivity index (χ2v) is 5.00. The quantitative estimate of drug-likeness (QED) is 0.864. The smallest absolute Gasteiger partial charge is 0.119 e. The molecule has 0 radical (unpaired) electrons. The molecule has 0 bridgehead atoms. The molecule has 2 aromatic rings. The van der Waals surface area contributed by atoms with Crippen LogP contribution in [0, 0.1) is 20.8 Å². The highest BCUT2D eigenvalue weighted by Crippen LogP contribution is 2.29. The minimum atomic E-state index is 0.0224. The fourth-order valence-electron chi connectivity index (χ4n) is 2.08. The zero-order valence-corrected chi connectivity index (χ0v) is 10.6. The number of nitrogens with zero attached hydrogens (tertiary/aromatic N) is 1. The molecule has 0 atom stereocenters. The number of thiazole rings is 1. The van der Waals surface area contributed by atoms with Crippen molar-refractivity contribution in [2.75, 3.05) is 0 Å². The molecule has 0 saturated carbocycles. The van der Waals surface area contributed by atoms with Gasteiger partial charge in [0.05, 0.1) is 12.3 Å². The molecule has 0 amide bonds. The van der Waals surface area contributed by atoms with Gasteiger partial charge in [-0.25, -0.2) is 4.98 Å². The minimum Gasteiger partial charge on any atom is -0.389 e. The molecular weight excluding hydrogens is 218 g/mol. The van der Waals surface area contributed by atoms with E-state index in [1.54, 1.807) is 0 Å². The first-order valence-corrected chi connectivity index (χ1v) is 6.13. The van der Waals surface area contributed by atoms with E-state index in [4.69, 9.17) is 5.11 Å². The van der Waals surface area contributed by atoms with Gasteiger partial charge in [-0.05, 0) is 31.9 Å². The van der Waals surface area contributed by atoms with E-state index in [1.807, 2.05) is 5.38 Å². The van der Waals surface area contributed by atoms with Gasteiger partial charge in [-0.1, -0.05) is 17.7 Å². The highest BCUT2D eigenvalue weighted by Gasteiger charge is 2.10. The summed E-state index contributed by atoms with van der Waals surface area (Å²) in [5.41, 5.74) is 5.93. The molecule has 0 saturated heterocycles. The van der Waals surface area contributed by atoms with Gasteiger partial charge in [0.25, 0.3) is 0 Å². The Morgan fingerprint density at radius 1 is 1.19 bits per heavy atom. The Morgan fingerprint density at radius 2 is 1.81 bits per heavy atom. The summed E-state index contributed by atoms with van der Waals surface area (Å²) >= 11 is 1.50. The lowest BCUT2D eigenvalue weighted by Crippen LogP contribution is -1.91. The number of hydrogen-bond acceptors (Lipinski definition) is 3. The summed E-state index contributed by atoms with van der Waals surface area (Å²) in [6.07, 6.45) is 0. The van der Waals surface area contributed by atoms with Gasteiger partial charge < -0.3 is 5.11 Å². The first-order chi connectivity index (χ1) is 7.61. The Labute approximate surface area is 99.6 Å². The Morgan fingerprint density at radius 3 is 2.31 bits per heavy atom. The van der Waals surface area contributed by atoms with Crippen LogP contribution in [0.5, 0.6) is 0 Å². The lowest BCUT2D eigenvalue weighted by atomic mass is 9.98. The van der Waals surface area contributed by atoms with Crippen molar-refractivity contribution in [3.05, 3.63) is 39.2 Å². The van der Waals surface area contributed by atoms with Crippen LogP contribution in [0.15, 0.2) is 17.5 Å². The molecule has 1 aromatic heterocycles. The van der Waals surface area contributed by atoms with Crippen molar-refractivity contribution in [1.82, 2.24) is 4.98 Å².